The smallest absolute Gasteiger partial charge is 0.247 e. The molecule has 1 N–H and O–H groups in total. The van der Waals surface area contributed by atoms with Gasteiger partial charge in [0, 0.05) is 22.4 Å². The fourth-order valence-electron chi connectivity index (χ4n) is 2.51. The van der Waals surface area contributed by atoms with Gasteiger partial charge in [-0.25, -0.2) is 0 Å². The van der Waals surface area contributed by atoms with Gasteiger partial charge in [-0.1, -0.05) is 12.1 Å². The molecule has 19 heavy (non-hydrogen) atoms. The number of rotatable bonds is 3. The lowest BCUT2D eigenvalue weighted by molar-refractivity contribution is 0.250. The zero-order valence-electron chi connectivity index (χ0n) is 10.7. The van der Waals surface area contributed by atoms with Gasteiger partial charge in [0.25, 0.3) is 0 Å². The monoisotopic (exact) mass is 322 g/mol. The summed E-state index contributed by atoms with van der Waals surface area (Å²) in [5.74, 6) is 1.27. The molecule has 6 heteroatoms. The first-order valence-corrected chi connectivity index (χ1v) is 7.23. The maximum absolute atomic E-state index is 5.47. The summed E-state index contributed by atoms with van der Waals surface area (Å²) in [6.45, 7) is 3.15. The Morgan fingerprint density at radius 1 is 1.47 bits per heavy atom. The minimum Gasteiger partial charge on any atom is -0.337 e. The van der Waals surface area contributed by atoms with Crippen molar-refractivity contribution in [1.82, 2.24) is 20.4 Å². The zero-order valence-corrected chi connectivity index (χ0v) is 12.3. The number of halogens is 1. The van der Waals surface area contributed by atoms with E-state index in [-0.39, 0.29) is 5.54 Å². The van der Waals surface area contributed by atoms with E-state index >= 15 is 0 Å². The van der Waals surface area contributed by atoms with Crippen LogP contribution in [0.2, 0.25) is 0 Å². The molecule has 0 radical (unpaired) electrons. The van der Waals surface area contributed by atoms with Crippen molar-refractivity contribution < 1.29 is 4.52 Å². The third-order valence-corrected chi connectivity index (χ3v) is 4.08. The van der Waals surface area contributed by atoms with Crippen molar-refractivity contribution in [2.75, 3.05) is 6.54 Å². The van der Waals surface area contributed by atoms with Crippen molar-refractivity contribution >= 4 is 15.9 Å². The van der Waals surface area contributed by atoms with Gasteiger partial charge in [-0.2, -0.15) is 4.98 Å². The van der Waals surface area contributed by atoms with Crippen LogP contribution in [0.1, 0.15) is 32.1 Å². The zero-order chi connectivity index (χ0) is 13.3. The highest BCUT2D eigenvalue weighted by molar-refractivity contribution is 9.10. The summed E-state index contributed by atoms with van der Waals surface area (Å²) < 4.78 is 6.37. The van der Waals surface area contributed by atoms with E-state index in [4.69, 9.17) is 4.52 Å². The lowest BCUT2D eigenvalue weighted by Gasteiger charge is -2.22. The van der Waals surface area contributed by atoms with E-state index in [1.165, 1.54) is 0 Å². The van der Waals surface area contributed by atoms with Gasteiger partial charge in [-0.3, -0.25) is 4.98 Å². The van der Waals surface area contributed by atoms with Gasteiger partial charge in [0.05, 0.1) is 5.54 Å². The number of hydrogen-bond acceptors (Lipinski definition) is 5. The Hall–Kier alpha value is -1.27. The molecule has 0 bridgehead atoms. The van der Waals surface area contributed by atoms with Crippen LogP contribution in [0.5, 0.6) is 0 Å². The summed E-state index contributed by atoms with van der Waals surface area (Å²) in [5, 5.41) is 7.57. The highest BCUT2D eigenvalue weighted by atomic mass is 79.9. The van der Waals surface area contributed by atoms with Crippen LogP contribution < -0.4 is 5.32 Å². The van der Waals surface area contributed by atoms with E-state index in [2.05, 4.69) is 43.3 Å². The molecule has 5 nitrogen and oxygen atoms in total. The summed E-state index contributed by atoms with van der Waals surface area (Å²) in [4.78, 5) is 8.67. The maximum Gasteiger partial charge on any atom is 0.247 e. The van der Waals surface area contributed by atoms with Crippen LogP contribution in [0.4, 0.5) is 0 Å². The van der Waals surface area contributed by atoms with E-state index < -0.39 is 0 Å². The average molecular weight is 323 g/mol. The molecule has 100 valence electrons. The Morgan fingerprint density at radius 2 is 2.37 bits per heavy atom. The highest BCUT2D eigenvalue weighted by Crippen LogP contribution is 2.33. The molecule has 1 aliphatic heterocycles. The highest BCUT2D eigenvalue weighted by Gasteiger charge is 2.38. The molecular weight excluding hydrogens is 308 g/mol. The van der Waals surface area contributed by atoms with Crippen LogP contribution in [-0.2, 0) is 5.54 Å². The second kappa shape index (κ2) is 5.02. The first-order chi connectivity index (χ1) is 9.23. The van der Waals surface area contributed by atoms with Crippen molar-refractivity contribution in [3.63, 3.8) is 0 Å². The minimum absolute atomic E-state index is 0.148. The van der Waals surface area contributed by atoms with Crippen LogP contribution in [0, 0.1) is 0 Å². The molecule has 1 fully saturated rings. The Balaban J connectivity index is 1.95. The van der Waals surface area contributed by atoms with Gasteiger partial charge in [-0.15, -0.1) is 0 Å². The predicted molar refractivity (Wildman–Crippen MR) is 74.4 cm³/mol. The van der Waals surface area contributed by atoms with Gasteiger partial charge in [0.2, 0.25) is 11.7 Å². The summed E-state index contributed by atoms with van der Waals surface area (Å²) in [7, 11) is 0. The molecule has 0 aromatic carbocycles. The van der Waals surface area contributed by atoms with E-state index in [1.54, 1.807) is 12.4 Å². The van der Waals surface area contributed by atoms with E-state index in [0.29, 0.717) is 11.7 Å². The largest absolute Gasteiger partial charge is 0.337 e. The number of nitrogens with one attached hydrogen (secondary N) is 1. The summed E-state index contributed by atoms with van der Waals surface area (Å²) in [5.41, 5.74) is 0.707. The number of aromatic nitrogens is 3. The molecule has 1 saturated heterocycles. The van der Waals surface area contributed by atoms with Gasteiger partial charge in [0.15, 0.2) is 0 Å². The third-order valence-electron chi connectivity index (χ3n) is 3.65. The molecular formula is C13H15BrN4O. The van der Waals surface area contributed by atoms with Gasteiger partial charge in [-0.05, 0) is 47.8 Å². The lowest BCUT2D eigenvalue weighted by atomic mass is 9.94. The Morgan fingerprint density at radius 3 is 3.05 bits per heavy atom. The van der Waals surface area contributed by atoms with E-state index in [1.807, 2.05) is 6.07 Å². The fourth-order valence-corrected chi connectivity index (χ4v) is 2.88. The van der Waals surface area contributed by atoms with Crippen LogP contribution in [0.25, 0.3) is 11.4 Å². The molecule has 1 atom stereocenters. The second-order valence-electron chi connectivity index (χ2n) is 4.78. The molecule has 0 amide bonds. The molecule has 2 aromatic rings. The van der Waals surface area contributed by atoms with Gasteiger partial charge < -0.3 is 9.84 Å². The maximum atomic E-state index is 5.47. The summed E-state index contributed by atoms with van der Waals surface area (Å²) >= 11 is 3.40. The molecule has 0 aliphatic carbocycles. The van der Waals surface area contributed by atoms with Crippen molar-refractivity contribution in [2.45, 2.75) is 31.7 Å². The second-order valence-corrected chi connectivity index (χ2v) is 5.70. The van der Waals surface area contributed by atoms with E-state index in [9.17, 15) is 0 Å². The van der Waals surface area contributed by atoms with Crippen molar-refractivity contribution in [1.29, 1.82) is 0 Å². The molecule has 0 saturated carbocycles. The Kier molecular flexibility index (Phi) is 3.36. The molecule has 1 aliphatic rings. The molecule has 2 aromatic heterocycles. The van der Waals surface area contributed by atoms with Crippen molar-refractivity contribution in [3.05, 3.63) is 28.8 Å². The standard InChI is InChI=1S/C13H15BrN4O/c1-2-13(4-3-5-16-13)12-17-11(18-19-12)9-6-10(14)8-15-7-9/h6-8,16H,2-5H2,1H3. The molecule has 3 heterocycles. The average Bonchev–Trinajstić information content (AvgIpc) is 3.08. The first-order valence-electron chi connectivity index (χ1n) is 6.44. The first kappa shape index (κ1) is 12.7. The van der Waals surface area contributed by atoms with Gasteiger partial charge in [0.1, 0.15) is 0 Å². The van der Waals surface area contributed by atoms with E-state index in [0.717, 1.165) is 35.8 Å². The Labute approximate surface area is 119 Å². The lowest BCUT2D eigenvalue weighted by Crippen LogP contribution is -2.36. The normalized spacial score (nSPS) is 22.8. The van der Waals surface area contributed by atoms with Crippen LogP contribution in [-0.4, -0.2) is 21.7 Å². The predicted octanol–water partition coefficient (Wildman–Crippen LogP) is 2.88. The Bertz CT molecular complexity index is 578. The van der Waals surface area contributed by atoms with Crippen molar-refractivity contribution in [2.24, 2.45) is 0 Å². The summed E-state index contributed by atoms with van der Waals surface area (Å²) in [6, 6.07) is 1.93. The number of nitrogens with zero attached hydrogens (tertiary/aromatic N) is 3. The topological polar surface area (TPSA) is 63.8 Å². The number of hydrogen-bond donors (Lipinski definition) is 1. The van der Waals surface area contributed by atoms with Crippen LogP contribution >= 0.6 is 15.9 Å². The molecule has 1 unspecified atom stereocenters. The quantitative estimate of drug-likeness (QED) is 0.941. The summed E-state index contributed by atoms with van der Waals surface area (Å²) in [6.07, 6.45) is 6.61. The molecule has 0 spiro atoms. The SMILES string of the molecule is CCC1(c2nc(-c3cncc(Br)c3)no2)CCCN1. The van der Waals surface area contributed by atoms with Crippen LogP contribution in [0.3, 0.4) is 0 Å². The molecule has 3 rings (SSSR count). The number of pyridine rings is 1. The van der Waals surface area contributed by atoms with Gasteiger partial charge >= 0.3 is 0 Å². The third kappa shape index (κ3) is 2.30. The van der Waals surface area contributed by atoms with Crippen molar-refractivity contribution in [3.8, 4) is 11.4 Å². The van der Waals surface area contributed by atoms with Crippen LogP contribution in [0.15, 0.2) is 27.5 Å². The minimum atomic E-state index is -0.148. The fraction of sp³-hybridized carbons (Fsp3) is 0.462.